The van der Waals surface area contributed by atoms with Gasteiger partial charge in [0.25, 0.3) is 0 Å². The fraction of sp³-hybridized carbons (Fsp3) is 0.643. The van der Waals surface area contributed by atoms with Crippen LogP contribution in [0.2, 0.25) is 0 Å². The lowest BCUT2D eigenvalue weighted by Gasteiger charge is -2.05. The van der Waals surface area contributed by atoms with Gasteiger partial charge in [-0.1, -0.05) is 18.5 Å². The summed E-state index contributed by atoms with van der Waals surface area (Å²) in [5.74, 6) is 2.60. The monoisotopic (exact) mass is 275 g/mol. The molecule has 6 heteroatoms. The van der Waals surface area contributed by atoms with Crippen LogP contribution in [0.4, 0.5) is 0 Å². The fourth-order valence-corrected chi connectivity index (χ4v) is 2.96. The van der Waals surface area contributed by atoms with Gasteiger partial charge in [0.05, 0.1) is 12.4 Å². The standard InChI is InChI=1S/C14H21N5O/c1-2-9-3-4-10(5-9)13-18-14(20-19-13)12(15)6-11-7-16-8-17-11/h7-10,12H,2-6,15H2,1H3,(H,16,17). The predicted octanol–water partition coefficient (Wildman–Crippen LogP) is 2.33. The van der Waals surface area contributed by atoms with E-state index in [0.717, 1.165) is 23.9 Å². The zero-order valence-corrected chi connectivity index (χ0v) is 11.7. The molecule has 3 atom stereocenters. The van der Waals surface area contributed by atoms with Gasteiger partial charge in [0.15, 0.2) is 5.82 Å². The zero-order chi connectivity index (χ0) is 13.9. The van der Waals surface area contributed by atoms with Gasteiger partial charge in [0.2, 0.25) is 5.89 Å². The van der Waals surface area contributed by atoms with Gasteiger partial charge >= 0.3 is 0 Å². The minimum absolute atomic E-state index is 0.278. The SMILES string of the molecule is CCC1CCC(c2noc(C(N)Cc3cnc[nH]3)n2)C1. The van der Waals surface area contributed by atoms with Crippen molar-refractivity contribution in [2.45, 2.75) is 51.0 Å². The molecule has 0 saturated heterocycles. The maximum absolute atomic E-state index is 6.11. The highest BCUT2D eigenvalue weighted by Gasteiger charge is 2.29. The van der Waals surface area contributed by atoms with Gasteiger partial charge in [0.1, 0.15) is 0 Å². The van der Waals surface area contributed by atoms with Crippen LogP contribution < -0.4 is 5.73 Å². The van der Waals surface area contributed by atoms with Crippen LogP contribution in [0.15, 0.2) is 17.0 Å². The van der Waals surface area contributed by atoms with Crippen molar-refractivity contribution in [3.63, 3.8) is 0 Å². The number of H-pyrrole nitrogens is 1. The molecule has 0 aliphatic heterocycles. The van der Waals surface area contributed by atoms with Crippen molar-refractivity contribution in [1.82, 2.24) is 20.1 Å². The van der Waals surface area contributed by atoms with E-state index >= 15 is 0 Å². The van der Waals surface area contributed by atoms with Crippen LogP contribution in [0.3, 0.4) is 0 Å². The molecule has 0 amide bonds. The lowest BCUT2D eigenvalue weighted by Crippen LogP contribution is -2.14. The molecule has 0 spiro atoms. The average Bonchev–Trinajstić information content (AvgIpc) is 3.19. The molecule has 3 unspecified atom stereocenters. The number of nitrogens with zero attached hydrogens (tertiary/aromatic N) is 3. The van der Waals surface area contributed by atoms with E-state index in [0.29, 0.717) is 18.2 Å². The summed E-state index contributed by atoms with van der Waals surface area (Å²) in [6.07, 6.45) is 8.87. The molecule has 2 aromatic heterocycles. The Kier molecular flexibility index (Phi) is 3.82. The van der Waals surface area contributed by atoms with Gasteiger partial charge in [-0.25, -0.2) is 4.98 Å². The number of hydrogen-bond donors (Lipinski definition) is 2. The third-order valence-electron chi connectivity index (χ3n) is 4.25. The van der Waals surface area contributed by atoms with Gasteiger partial charge < -0.3 is 15.2 Å². The summed E-state index contributed by atoms with van der Waals surface area (Å²) < 4.78 is 5.34. The Balaban J connectivity index is 1.64. The van der Waals surface area contributed by atoms with Crippen LogP contribution in [0.1, 0.15) is 62.0 Å². The van der Waals surface area contributed by atoms with Crippen molar-refractivity contribution >= 4 is 0 Å². The number of aromatic amines is 1. The molecule has 0 bridgehead atoms. The van der Waals surface area contributed by atoms with E-state index < -0.39 is 0 Å². The molecule has 6 nitrogen and oxygen atoms in total. The zero-order valence-electron chi connectivity index (χ0n) is 11.7. The van der Waals surface area contributed by atoms with Crippen LogP contribution in [0.25, 0.3) is 0 Å². The molecule has 3 rings (SSSR count). The molecule has 20 heavy (non-hydrogen) atoms. The lowest BCUT2D eigenvalue weighted by molar-refractivity contribution is 0.347. The second kappa shape index (κ2) is 5.75. The fourth-order valence-electron chi connectivity index (χ4n) is 2.96. The summed E-state index contributed by atoms with van der Waals surface area (Å²) in [5, 5.41) is 4.13. The van der Waals surface area contributed by atoms with Crippen molar-refractivity contribution in [2.24, 2.45) is 11.7 Å². The summed E-state index contributed by atoms with van der Waals surface area (Å²) in [7, 11) is 0. The van der Waals surface area contributed by atoms with E-state index in [9.17, 15) is 0 Å². The number of aromatic nitrogens is 4. The number of imidazole rings is 1. The Morgan fingerprint density at radius 1 is 1.50 bits per heavy atom. The molecule has 1 aliphatic carbocycles. The molecular weight excluding hydrogens is 254 g/mol. The number of nitrogens with one attached hydrogen (secondary N) is 1. The van der Waals surface area contributed by atoms with E-state index in [1.807, 2.05) is 0 Å². The van der Waals surface area contributed by atoms with E-state index in [1.54, 1.807) is 12.5 Å². The van der Waals surface area contributed by atoms with Gasteiger partial charge in [-0.05, 0) is 25.2 Å². The molecule has 0 radical (unpaired) electrons. The summed E-state index contributed by atoms with van der Waals surface area (Å²) >= 11 is 0. The number of hydrogen-bond acceptors (Lipinski definition) is 5. The van der Waals surface area contributed by atoms with Crippen molar-refractivity contribution < 1.29 is 4.52 Å². The molecule has 1 fully saturated rings. The van der Waals surface area contributed by atoms with E-state index in [2.05, 4.69) is 27.0 Å². The third kappa shape index (κ3) is 2.75. The van der Waals surface area contributed by atoms with Crippen LogP contribution in [-0.2, 0) is 6.42 Å². The predicted molar refractivity (Wildman–Crippen MR) is 73.9 cm³/mol. The van der Waals surface area contributed by atoms with Gasteiger partial charge in [-0.15, -0.1) is 0 Å². The van der Waals surface area contributed by atoms with Crippen LogP contribution in [0.5, 0.6) is 0 Å². The molecule has 2 aromatic rings. The lowest BCUT2D eigenvalue weighted by atomic mass is 10.0. The Morgan fingerprint density at radius 3 is 3.10 bits per heavy atom. The quantitative estimate of drug-likeness (QED) is 0.873. The second-order valence-corrected chi connectivity index (χ2v) is 5.66. The highest BCUT2D eigenvalue weighted by molar-refractivity contribution is 5.05. The Hall–Kier alpha value is -1.69. The molecular formula is C14H21N5O. The van der Waals surface area contributed by atoms with Crippen LogP contribution in [0, 0.1) is 5.92 Å². The Bertz CT molecular complexity index is 536. The van der Waals surface area contributed by atoms with Crippen molar-refractivity contribution in [3.8, 4) is 0 Å². The van der Waals surface area contributed by atoms with E-state index in [-0.39, 0.29) is 6.04 Å². The molecule has 1 saturated carbocycles. The first-order valence-electron chi connectivity index (χ1n) is 7.32. The summed E-state index contributed by atoms with van der Waals surface area (Å²) in [5.41, 5.74) is 7.08. The van der Waals surface area contributed by atoms with Crippen LogP contribution in [-0.4, -0.2) is 20.1 Å². The van der Waals surface area contributed by atoms with Crippen molar-refractivity contribution in [1.29, 1.82) is 0 Å². The Labute approximate surface area is 118 Å². The van der Waals surface area contributed by atoms with Crippen LogP contribution >= 0.6 is 0 Å². The highest BCUT2D eigenvalue weighted by Crippen LogP contribution is 2.38. The first-order chi connectivity index (χ1) is 9.76. The second-order valence-electron chi connectivity index (χ2n) is 5.66. The Morgan fingerprint density at radius 2 is 2.40 bits per heavy atom. The van der Waals surface area contributed by atoms with Gasteiger partial charge in [-0.3, -0.25) is 0 Å². The normalized spacial score (nSPS) is 24.1. The summed E-state index contributed by atoms with van der Waals surface area (Å²) in [4.78, 5) is 11.5. The molecule has 1 aliphatic rings. The highest BCUT2D eigenvalue weighted by atomic mass is 16.5. The minimum Gasteiger partial charge on any atom is -0.348 e. The summed E-state index contributed by atoms with van der Waals surface area (Å²) in [6, 6.07) is -0.278. The topological polar surface area (TPSA) is 93.6 Å². The smallest absolute Gasteiger partial charge is 0.243 e. The molecule has 2 heterocycles. The van der Waals surface area contributed by atoms with Gasteiger partial charge in [-0.2, -0.15) is 4.98 Å². The molecule has 3 N–H and O–H groups in total. The third-order valence-corrected chi connectivity index (χ3v) is 4.25. The number of rotatable bonds is 5. The van der Waals surface area contributed by atoms with Crippen molar-refractivity contribution in [2.75, 3.05) is 0 Å². The maximum Gasteiger partial charge on any atom is 0.243 e. The first-order valence-corrected chi connectivity index (χ1v) is 7.32. The van der Waals surface area contributed by atoms with Crippen molar-refractivity contribution in [3.05, 3.63) is 29.9 Å². The minimum atomic E-state index is -0.278. The van der Waals surface area contributed by atoms with E-state index in [4.69, 9.17) is 10.3 Å². The molecule has 108 valence electrons. The average molecular weight is 275 g/mol. The largest absolute Gasteiger partial charge is 0.348 e. The van der Waals surface area contributed by atoms with E-state index in [1.165, 1.54) is 19.3 Å². The van der Waals surface area contributed by atoms with Gasteiger partial charge in [0, 0.05) is 24.2 Å². The maximum atomic E-state index is 6.11. The summed E-state index contributed by atoms with van der Waals surface area (Å²) in [6.45, 7) is 2.25. The first kappa shape index (κ1) is 13.3. The number of nitrogens with two attached hydrogens (primary N) is 1. The molecule has 0 aromatic carbocycles.